The normalized spacial score (nSPS) is 13.5. The van der Waals surface area contributed by atoms with E-state index < -0.39 is 0 Å². The van der Waals surface area contributed by atoms with Crippen molar-refractivity contribution in [3.63, 3.8) is 0 Å². The molecule has 0 aromatic heterocycles. The summed E-state index contributed by atoms with van der Waals surface area (Å²) < 4.78 is 0. The van der Waals surface area contributed by atoms with Crippen molar-refractivity contribution in [1.82, 2.24) is 4.90 Å². The SMILES string of the molecule is CCC.CCCC(N(C)C)C(C)(C)C. The zero-order valence-corrected chi connectivity index (χ0v) is 11.6. The zero-order valence-electron chi connectivity index (χ0n) is 11.6. The predicted molar refractivity (Wildman–Crippen MR) is 67.8 cm³/mol. The fourth-order valence-electron chi connectivity index (χ4n) is 1.74. The Morgan fingerprint density at radius 2 is 1.36 bits per heavy atom. The highest BCUT2D eigenvalue weighted by Gasteiger charge is 2.24. The number of rotatable bonds is 3. The van der Waals surface area contributed by atoms with Crippen molar-refractivity contribution in [1.29, 1.82) is 0 Å². The Morgan fingerprint density at radius 1 is 1.00 bits per heavy atom. The quantitative estimate of drug-likeness (QED) is 0.662. The van der Waals surface area contributed by atoms with Gasteiger partial charge in [-0.3, -0.25) is 0 Å². The van der Waals surface area contributed by atoms with Gasteiger partial charge >= 0.3 is 0 Å². The van der Waals surface area contributed by atoms with Gasteiger partial charge in [-0.2, -0.15) is 0 Å². The van der Waals surface area contributed by atoms with E-state index in [4.69, 9.17) is 0 Å². The monoisotopic (exact) mass is 201 g/mol. The lowest BCUT2D eigenvalue weighted by Gasteiger charge is -2.35. The molecule has 0 bridgehead atoms. The van der Waals surface area contributed by atoms with Crippen LogP contribution in [0.5, 0.6) is 0 Å². The molecule has 0 N–H and O–H groups in total. The maximum atomic E-state index is 2.34. The van der Waals surface area contributed by atoms with Gasteiger partial charge in [-0.05, 0) is 25.9 Å². The fraction of sp³-hybridized carbons (Fsp3) is 1.00. The van der Waals surface area contributed by atoms with Crippen LogP contribution < -0.4 is 0 Å². The first-order valence-electron chi connectivity index (χ1n) is 5.97. The van der Waals surface area contributed by atoms with Crippen LogP contribution in [0.2, 0.25) is 0 Å². The van der Waals surface area contributed by atoms with Crippen LogP contribution in [0.3, 0.4) is 0 Å². The average Bonchev–Trinajstić information content (AvgIpc) is 1.98. The van der Waals surface area contributed by atoms with E-state index in [1.807, 2.05) is 0 Å². The van der Waals surface area contributed by atoms with Gasteiger partial charge in [-0.1, -0.05) is 54.4 Å². The van der Waals surface area contributed by atoms with E-state index in [1.165, 1.54) is 19.3 Å². The topological polar surface area (TPSA) is 3.24 Å². The van der Waals surface area contributed by atoms with Crippen LogP contribution in [0.25, 0.3) is 0 Å². The minimum absolute atomic E-state index is 0.416. The van der Waals surface area contributed by atoms with E-state index in [9.17, 15) is 0 Å². The maximum absolute atomic E-state index is 2.34. The Labute approximate surface area is 91.9 Å². The van der Waals surface area contributed by atoms with Gasteiger partial charge in [0.25, 0.3) is 0 Å². The van der Waals surface area contributed by atoms with Gasteiger partial charge in [-0.25, -0.2) is 0 Å². The second-order valence-corrected chi connectivity index (χ2v) is 5.34. The van der Waals surface area contributed by atoms with Crippen molar-refractivity contribution in [3.8, 4) is 0 Å². The molecule has 0 aromatic rings. The zero-order chi connectivity index (χ0) is 11.8. The second kappa shape index (κ2) is 8.28. The lowest BCUT2D eigenvalue weighted by molar-refractivity contribution is 0.142. The van der Waals surface area contributed by atoms with Gasteiger partial charge < -0.3 is 4.90 Å². The standard InChI is InChI=1S/C10H23N.C3H8/c1-7-8-9(11(5)6)10(2,3)4;1-3-2/h9H,7-8H2,1-6H3;3H2,1-2H3. The number of nitrogens with zero attached hydrogens (tertiary/aromatic N) is 1. The van der Waals surface area contributed by atoms with Crippen molar-refractivity contribution in [3.05, 3.63) is 0 Å². The Balaban J connectivity index is 0. The van der Waals surface area contributed by atoms with E-state index in [-0.39, 0.29) is 0 Å². The molecule has 0 saturated heterocycles. The van der Waals surface area contributed by atoms with E-state index >= 15 is 0 Å². The molecular formula is C13H31N. The summed E-state index contributed by atoms with van der Waals surface area (Å²) in [7, 11) is 4.34. The third-order valence-electron chi connectivity index (χ3n) is 2.19. The van der Waals surface area contributed by atoms with Crippen LogP contribution in [0.15, 0.2) is 0 Å². The van der Waals surface area contributed by atoms with Gasteiger partial charge in [0.15, 0.2) is 0 Å². The van der Waals surface area contributed by atoms with Gasteiger partial charge in [0.1, 0.15) is 0 Å². The number of hydrogen-bond donors (Lipinski definition) is 0. The van der Waals surface area contributed by atoms with Crippen molar-refractivity contribution in [2.45, 2.75) is 66.8 Å². The Hall–Kier alpha value is -0.0400. The van der Waals surface area contributed by atoms with E-state index in [1.54, 1.807) is 0 Å². The summed E-state index contributed by atoms with van der Waals surface area (Å²) >= 11 is 0. The third-order valence-corrected chi connectivity index (χ3v) is 2.19. The smallest absolute Gasteiger partial charge is 0.0138 e. The molecule has 0 saturated carbocycles. The molecule has 0 fully saturated rings. The number of hydrogen-bond acceptors (Lipinski definition) is 1. The summed E-state index contributed by atoms with van der Waals surface area (Å²) in [6.07, 6.45) is 3.83. The molecule has 88 valence electrons. The molecule has 0 rings (SSSR count). The molecule has 14 heavy (non-hydrogen) atoms. The average molecular weight is 201 g/mol. The van der Waals surface area contributed by atoms with Crippen molar-refractivity contribution in [2.75, 3.05) is 14.1 Å². The summed E-state index contributed by atoms with van der Waals surface area (Å²) in [5.74, 6) is 0. The van der Waals surface area contributed by atoms with Crippen LogP contribution in [0.1, 0.15) is 60.8 Å². The second-order valence-electron chi connectivity index (χ2n) is 5.34. The lowest BCUT2D eigenvalue weighted by atomic mass is 9.83. The highest BCUT2D eigenvalue weighted by molar-refractivity contribution is 4.79. The molecule has 0 radical (unpaired) electrons. The van der Waals surface area contributed by atoms with Crippen LogP contribution in [-0.2, 0) is 0 Å². The maximum Gasteiger partial charge on any atom is 0.0138 e. The van der Waals surface area contributed by atoms with Gasteiger partial charge in [0.05, 0.1) is 0 Å². The summed E-state index contributed by atoms with van der Waals surface area (Å²) in [4.78, 5) is 2.34. The fourth-order valence-corrected chi connectivity index (χ4v) is 1.74. The van der Waals surface area contributed by atoms with Gasteiger partial charge in [-0.15, -0.1) is 0 Å². The summed E-state index contributed by atoms with van der Waals surface area (Å²) in [5.41, 5.74) is 0.416. The van der Waals surface area contributed by atoms with E-state index in [2.05, 4.69) is 60.5 Å². The minimum Gasteiger partial charge on any atom is -0.306 e. The molecule has 0 amide bonds. The Morgan fingerprint density at radius 3 is 1.43 bits per heavy atom. The summed E-state index contributed by atoms with van der Waals surface area (Å²) in [6, 6.07) is 0.715. The van der Waals surface area contributed by atoms with Gasteiger partial charge in [0.2, 0.25) is 0 Å². The van der Waals surface area contributed by atoms with Crippen LogP contribution in [-0.4, -0.2) is 25.0 Å². The molecule has 1 nitrogen and oxygen atoms in total. The molecule has 0 spiro atoms. The molecule has 0 aliphatic heterocycles. The molecule has 1 heteroatoms. The first kappa shape index (κ1) is 16.4. The summed E-state index contributed by atoms with van der Waals surface area (Å²) in [6.45, 7) is 13.4. The van der Waals surface area contributed by atoms with Crippen molar-refractivity contribution < 1.29 is 0 Å². The Bertz CT molecular complexity index is 111. The third kappa shape index (κ3) is 8.55. The molecule has 0 aromatic carbocycles. The Kier molecular flexibility index (Phi) is 9.70. The first-order valence-corrected chi connectivity index (χ1v) is 5.97. The lowest BCUT2D eigenvalue weighted by Crippen LogP contribution is -2.39. The van der Waals surface area contributed by atoms with E-state index in [0.717, 1.165) is 0 Å². The minimum atomic E-state index is 0.416. The summed E-state index contributed by atoms with van der Waals surface area (Å²) in [5, 5.41) is 0. The van der Waals surface area contributed by atoms with Crippen molar-refractivity contribution >= 4 is 0 Å². The van der Waals surface area contributed by atoms with Crippen LogP contribution >= 0.6 is 0 Å². The molecule has 1 atom stereocenters. The van der Waals surface area contributed by atoms with Gasteiger partial charge in [0, 0.05) is 6.04 Å². The highest BCUT2D eigenvalue weighted by atomic mass is 15.1. The molecule has 1 unspecified atom stereocenters. The molecule has 0 heterocycles. The molecular weight excluding hydrogens is 170 g/mol. The van der Waals surface area contributed by atoms with E-state index in [0.29, 0.717) is 11.5 Å². The van der Waals surface area contributed by atoms with Crippen LogP contribution in [0, 0.1) is 5.41 Å². The van der Waals surface area contributed by atoms with Crippen LogP contribution in [0.4, 0.5) is 0 Å². The largest absolute Gasteiger partial charge is 0.306 e. The highest BCUT2D eigenvalue weighted by Crippen LogP contribution is 2.25. The molecule has 0 aliphatic carbocycles. The predicted octanol–water partition coefficient (Wildman–Crippen LogP) is 4.18. The first-order chi connectivity index (χ1) is 6.31. The molecule has 0 aliphatic rings. The van der Waals surface area contributed by atoms with Crippen molar-refractivity contribution in [2.24, 2.45) is 5.41 Å².